The highest BCUT2D eigenvalue weighted by molar-refractivity contribution is 14.0. The minimum atomic E-state index is 0. The SMILES string of the molecule is C=CCNC(=NC)NCC1CCCN(CC(C)C)C1.I. The van der Waals surface area contributed by atoms with Crippen molar-refractivity contribution < 1.29 is 0 Å². The topological polar surface area (TPSA) is 39.7 Å². The number of likely N-dealkylation sites (tertiary alicyclic amines) is 1. The Morgan fingerprint density at radius 2 is 2.20 bits per heavy atom. The molecule has 1 fully saturated rings. The number of rotatable bonds is 6. The number of aliphatic imine (C=N–C) groups is 1. The fourth-order valence-electron chi connectivity index (χ4n) is 2.63. The van der Waals surface area contributed by atoms with Crippen molar-refractivity contribution in [3.05, 3.63) is 12.7 Å². The fourth-order valence-corrected chi connectivity index (χ4v) is 2.63. The maximum absolute atomic E-state index is 4.21. The smallest absolute Gasteiger partial charge is 0.191 e. The third-order valence-corrected chi connectivity index (χ3v) is 3.42. The van der Waals surface area contributed by atoms with Crippen molar-refractivity contribution in [1.82, 2.24) is 15.5 Å². The van der Waals surface area contributed by atoms with Gasteiger partial charge in [-0.2, -0.15) is 0 Å². The normalized spacial score (nSPS) is 20.4. The lowest BCUT2D eigenvalue weighted by Crippen LogP contribution is -2.45. The third kappa shape index (κ3) is 8.09. The molecule has 1 atom stereocenters. The molecule has 1 rings (SSSR count). The van der Waals surface area contributed by atoms with Crippen LogP contribution < -0.4 is 10.6 Å². The molecule has 5 heteroatoms. The average Bonchev–Trinajstić information content (AvgIpc) is 2.38. The van der Waals surface area contributed by atoms with Gasteiger partial charge < -0.3 is 15.5 Å². The fraction of sp³-hybridized carbons (Fsp3) is 0.800. The summed E-state index contributed by atoms with van der Waals surface area (Å²) in [6.45, 7) is 13.7. The Morgan fingerprint density at radius 1 is 1.45 bits per heavy atom. The number of halogens is 1. The molecule has 0 aromatic carbocycles. The van der Waals surface area contributed by atoms with Crippen LogP contribution in [0, 0.1) is 11.8 Å². The summed E-state index contributed by atoms with van der Waals surface area (Å²) >= 11 is 0. The summed E-state index contributed by atoms with van der Waals surface area (Å²) in [6, 6.07) is 0. The largest absolute Gasteiger partial charge is 0.356 e. The van der Waals surface area contributed by atoms with Gasteiger partial charge in [0.15, 0.2) is 5.96 Å². The summed E-state index contributed by atoms with van der Waals surface area (Å²) < 4.78 is 0. The Morgan fingerprint density at radius 3 is 2.80 bits per heavy atom. The summed E-state index contributed by atoms with van der Waals surface area (Å²) in [4.78, 5) is 6.81. The van der Waals surface area contributed by atoms with Crippen LogP contribution in [0.2, 0.25) is 0 Å². The maximum Gasteiger partial charge on any atom is 0.191 e. The Labute approximate surface area is 141 Å². The highest BCUT2D eigenvalue weighted by Crippen LogP contribution is 2.16. The van der Waals surface area contributed by atoms with E-state index in [4.69, 9.17) is 0 Å². The van der Waals surface area contributed by atoms with Crippen LogP contribution in [0.1, 0.15) is 26.7 Å². The summed E-state index contributed by atoms with van der Waals surface area (Å²) in [6.07, 6.45) is 4.48. The number of hydrogen-bond donors (Lipinski definition) is 2. The van der Waals surface area contributed by atoms with Crippen molar-refractivity contribution in [3.8, 4) is 0 Å². The van der Waals surface area contributed by atoms with Gasteiger partial charge in [-0.1, -0.05) is 19.9 Å². The highest BCUT2D eigenvalue weighted by atomic mass is 127. The first-order valence-electron chi connectivity index (χ1n) is 7.43. The Bertz CT molecular complexity index is 292. The molecule has 4 nitrogen and oxygen atoms in total. The molecule has 1 heterocycles. The third-order valence-electron chi connectivity index (χ3n) is 3.42. The van der Waals surface area contributed by atoms with Crippen LogP contribution in [0.25, 0.3) is 0 Å². The van der Waals surface area contributed by atoms with E-state index in [1.807, 2.05) is 13.1 Å². The highest BCUT2D eigenvalue weighted by Gasteiger charge is 2.20. The molecular weight excluding hydrogens is 363 g/mol. The second kappa shape index (κ2) is 11.4. The van der Waals surface area contributed by atoms with Crippen molar-refractivity contribution >= 4 is 29.9 Å². The van der Waals surface area contributed by atoms with Crippen LogP contribution >= 0.6 is 24.0 Å². The standard InChI is InChI=1S/C15H30N4.HI/c1-5-8-17-15(16-4)18-10-14-7-6-9-19(12-14)11-13(2)3;/h5,13-14H,1,6-12H2,2-4H3,(H2,16,17,18);1H. The second-order valence-corrected chi connectivity index (χ2v) is 5.78. The van der Waals surface area contributed by atoms with E-state index < -0.39 is 0 Å². The molecule has 0 aromatic rings. The maximum atomic E-state index is 4.21. The van der Waals surface area contributed by atoms with E-state index in [0.717, 1.165) is 30.9 Å². The van der Waals surface area contributed by atoms with Crippen molar-refractivity contribution in [2.45, 2.75) is 26.7 Å². The van der Waals surface area contributed by atoms with Gasteiger partial charge in [0, 0.05) is 33.2 Å². The molecular formula is C15H31IN4. The van der Waals surface area contributed by atoms with E-state index in [1.165, 1.54) is 32.5 Å². The minimum absolute atomic E-state index is 0. The van der Waals surface area contributed by atoms with Crippen molar-refractivity contribution in [1.29, 1.82) is 0 Å². The average molecular weight is 394 g/mol. The number of piperidine rings is 1. The molecule has 1 aliphatic heterocycles. The Kier molecular flexibility index (Phi) is 11.2. The van der Waals surface area contributed by atoms with Gasteiger partial charge in [0.25, 0.3) is 0 Å². The Balaban J connectivity index is 0.00000361. The van der Waals surface area contributed by atoms with Gasteiger partial charge >= 0.3 is 0 Å². The van der Waals surface area contributed by atoms with Crippen LogP contribution in [-0.2, 0) is 0 Å². The molecule has 118 valence electrons. The summed E-state index contributed by atoms with van der Waals surface area (Å²) in [5, 5.41) is 6.62. The molecule has 0 amide bonds. The summed E-state index contributed by atoms with van der Waals surface area (Å²) in [5.41, 5.74) is 0. The molecule has 2 N–H and O–H groups in total. The van der Waals surface area contributed by atoms with Gasteiger partial charge in [-0.25, -0.2) is 0 Å². The van der Waals surface area contributed by atoms with Gasteiger partial charge in [-0.3, -0.25) is 4.99 Å². The first-order chi connectivity index (χ1) is 9.15. The number of guanidine groups is 1. The molecule has 1 aliphatic rings. The van der Waals surface area contributed by atoms with Crippen LogP contribution in [0.4, 0.5) is 0 Å². The molecule has 1 unspecified atom stereocenters. The number of nitrogens with one attached hydrogen (secondary N) is 2. The molecule has 0 saturated carbocycles. The van der Waals surface area contributed by atoms with E-state index in [0.29, 0.717) is 0 Å². The Hall–Kier alpha value is -0.300. The number of hydrogen-bond acceptors (Lipinski definition) is 2. The molecule has 0 radical (unpaired) electrons. The van der Waals surface area contributed by atoms with Crippen LogP contribution in [-0.4, -0.2) is 50.6 Å². The molecule has 0 aromatic heterocycles. The summed E-state index contributed by atoms with van der Waals surface area (Å²) in [7, 11) is 1.81. The molecule has 20 heavy (non-hydrogen) atoms. The second-order valence-electron chi connectivity index (χ2n) is 5.78. The summed E-state index contributed by atoms with van der Waals surface area (Å²) in [5.74, 6) is 2.37. The lowest BCUT2D eigenvalue weighted by molar-refractivity contribution is 0.159. The van der Waals surface area contributed by atoms with Crippen molar-refractivity contribution in [3.63, 3.8) is 0 Å². The van der Waals surface area contributed by atoms with E-state index >= 15 is 0 Å². The first kappa shape index (κ1) is 19.7. The predicted octanol–water partition coefficient (Wildman–Crippen LogP) is 2.32. The number of nitrogens with zero attached hydrogens (tertiary/aromatic N) is 2. The first-order valence-corrected chi connectivity index (χ1v) is 7.43. The molecule has 1 saturated heterocycles. The van der Waals surface area contributed by atoms with Crippen LogP contribution in [0.5, 0.6) is 0 Å². The zero-order valence-corrected chi connectivity index (χ0v) is 15.5. The van der Waals surface area contributed by atoms with E-state index in [2.05, 4.69) is 41.0 Å². The van der Waals surface area contributed by atoms with Crippen LogP contribution in [0.15, 0.2) is 17.6 Å². The molecule has 0 aliphatic carbocycles. The minimum Gasteiger partial charge on any atom is -0.356 e. The van der Waals surface area contributed by atoms with Gasteiger partial charge in [-0.05, 0) is 31.2 Å². The van der Waals surface area contributed by atoms with E-state index in [-0.39, 0.29) is 24.0 Å². The zero-order chi connectivity index (χ0) is 14.1. The van der Waals surface area contributed by atoms with Gasteiger partial charge in [0.05, 0.1) is 0 Å². The van der Waals surface area contributed by atoms with Crippen molar-refractivity contribution in [2.24, 2.45) is 16.8 Å². The lowest BCUT2D eigenvalue weighted by atomic mass is 9.97. The van der Waals surface area contributed by atoms with Gasteiger partial charge in [0.1, 0.15) is 0 Å². The van der Waals surface area contributed by atoms with Crippen molar-refractivity contribution in [2.75, 3.05) is 39.8 Å². The van der Waals surface area contributed by atoms with E-state index in [1.54, 1.807) is 0 Å². The monoisotopic (exact) mass is 394 g/mol. The van der Waals surface area contributed by atoms with Gasteiger partial charge in [0.2, 0.25) is 0 Å². The molecule has 0 spiro atoms. The molecule has 0 bridgehead atoms. The van der Waals surface area contributed by atoms with Gasteiger partial charge in [-0.15, -0.1) is 30.6 Å². The quantitative estimate of drug-likeness (QED) is 0.314. The lowest BCUT2D eigenvalue weighted by Gasteiger charge is -2.34. The predicted molar refractivity (Wildman–Crippen MR) is 99.0 cm³/mol. The van der Waals surface area contributed by atoms with E-state index in [9.17, 15) is 0 Å². The zero-order valence-electron chi connectivity index (χ0n) is 13.2. The van der Waals surface area contributed by atoms with Crippen LogP contribution in [0.3, 0.4) is 0 Å².